The maximum Gasteiger partial charge on any atom is 0.201 e. The lowest BCUT2D eigenvalue weighted by Crippen LogP contribution is -2.26. The minimum Gasteiger partial charge on any atom is -0.490 e. The Labute approximate surface area is 78.9 Å². The number of allylic oxidation sites excluding steroid dienone is 2. The van der Waals surface area contributed by atoms with Gasteiger partial charge in [0.05, 0.1) is 6.61 Å². The van der Waals surface area contributed by atoms with Crippen molar-refractivity contribution in [3.05, 3.63) is 11.8 Å². The summed E-state index contributed by atoms with van der Waals surface area (Å²) in [4.78, 5) is 11.7. The summed E-state index contributed by atoms with van der Waals surface area (Å²) in [6.07, 6.45) is 4.62. The number of nitrogens with two attached hydrogens (primary N) is 1. The topological polar surface area (TPSA) is 52.3 Å². The SMILES string of the molecule is CCC(CN)C(=O)C1=CCCCO1. The van der Waals surface area contributed by atoms with Crippen molar-refractivity contribution in [2.24, 2.45) is 11.7 Å². The van der Waals surface area contributed by atoms with Gasteiger partial charge in [0.15, 0.2) is 5.76 Å². The van der Waals surface area contributed by atoms with Gasteiger partial charge in [0.2, 0.25) is 5.78 Å². The van der Waals surface area contributed by atoms with Gasteiger partial charge in [0.1, 0.15) is 0 Å². The van der Waals surface area contributed by atoms with Gasteiger partial charge in [0, 0.05) is 12.5 Å². The molecule has 13 heavy (non-hydrogen) atoms. The van der Waals surface area contributed by atoms with E-state index < -0.39 is 0 Å². The van der Waals surface area contributed by atoms with Gasteiger partial charge in [0.25, 0.3) is 0 Å². The normalized spacial score (nSPS) is 18.8. The van der Waals surface area contributed by atoms with E-state index in [4.69, 9.17) is 10.5 Å². The fourth-order valence-electron chi connectivity index (χ4n) is 1.39. The van der Waals surface area contributed by atoms with Crippen LogP contribution in [0.5, 0.6) is 0 Å². The second-order valence-corrected chi connectivity index (χ2v) is 3.26. The van der Waals surface area contributed by atoms with Crippen LogP contribution in [0.4, 0.5) is 0 Å². The maximum atomic E-state index is 11.7. The van der Waals surface area contributed by atoms with Crippen LogP contribution in [-0.2, 0) is 9.53 Å². The minimum atomic E-state index is -0.0654. The molecule has 1 heterocycles. The first-order valence-corrected chi connectivity index (χ1v) is 4.86. The van der Waals surface area contributed by atoms with Gasteiger partial charge < -0.3 is 10.5 Å². The van der Waals surface area contributed by atoms with E-state index in [1.807, 2.05) is 13.0 Å². The average Bonchev–Trinajstić information content (AvgIpc) is 2.21. The van der Waals surface area contributed by atoms with Crippen molar-refractivity contribution in [3.63, 3.8) is 0 Å². The highest BCUT2D eigenvalue weighted by molar-refractivity contribution is 5.95. The summed E-state index contributed by atoms with van der Waals surface area (Å²) in [6, 6.07) is 0. The van der Waals surface area contributed by atoms with Crippen LogP contribution < -0.4 is 5.73 Å². The summed E-state index contributed by atoms with van der Waals surface area (Å²) in [5, 5.41) is 0. The standard InChI is InChI=1S/C10H17NO2/c1-2-8(7-11)10(12)9-5-3-4-6-13-9/h5,8H,2-4,6-7,11H2,1H3. The Kier molecular flexibility index (Phi) is 3.96. The van der Waals surface area contributed by atoms with E-state index in [0.717, 1.165) is 19.3 Å². The van der Waals surface area contributed by atoms with E-state index in [1.54, 1.807) is 0 Å². The number of carbonyl (C=O) groups excluding carboxylic acids is 1. The minimum absolute atomic E-state index is 0.0654. The summed E-state index contributed by atoms with van der Waals surface area (Å²) in [5.41, 5.74) is 5.49. The monoisotopic (exact) mass is 183 g/mol. The lowest BCUT2D eigenvalue weighted by molar-refractivity contribution is -0.122. The van der Waals surface area contributed by atoms with E-state index in [9.17, 15) is 4.79 Å². The lowest BCUT2D eigenvalue weighted by Gasteiger charge is -2.17. The van der Waals surface area contributed by atoms with E-state index in [2.05, 4.69) is 0 Å². The number of Topliss-reactive ketones (excluding diaryl/α,β-unsaturated/α-hetero) is 1. The van der Waals surface area contributed by atoms with Crippen LogP contribution in [0.3, 0.4) is 0 Å². The molecular weight excluding hydrogens is 166 g/mol. The fourth-order valence-corrected chi connectivity index (χ4v) is 1.39. The summed E-state index contributed by atoms with van der Waals surface area (Å²) >= 11 is 0. The van der Waals surface area contributed by atoms with E-state index >= 15 is 0 Å². The van der Waals surface area contributed by atoms with Crippen LogP contribution in [0, 0.1) is 5.92 Å². The molecular formula is C10H17NO2. The van der Waals surface area contributed by atoms with Crippen LogP contribution in [0.15, 0.2) is 11.8 Å². The quantitative estimate of drug-likeness (QED) is 0.713. The van der Waals surface area contributed by atoms with Crippen molar-refractivity contribution in [2.45, 2.75) is 26.2 Å². The third-order valence-corrected chi connectivity index (χ3v) is 2.33. The molecule has 0 aromatic heterocycles. The molecule has 1 rings (SSSR count). The Hall–Kier alpha value is -0.830. The number of rotatable bonds is 4. The molecule has 0 saturated heterocycles. The van der Waals surface area contributed by atoms with Gasteiger partial charge in [-0.15, -0.1) is 0 Å². The average molecular weight is 183 g/mol. The molecule has 0 spiro atoms. The van der Waals surface area contributed by atoms with Gasteiger partial charge in [-0.25, -0.2) is 0 Å². The molecule has 0 bridgehead atoms. The van der Waals surface area contributed by atoms with E-state index in [1.165, 1.54) is 0 Å². The highest BCUT2D eigenvalue weighted by Crippen LogP contribution is 2.16. The van der Waals surface area contributed by atoms with Crippen molar-refractivity contribution < 1.29 is 9.53 Å². The highest BCUT2D eigenvalue weighted by atomic mass is 16.5. The van der Waals surface area contributed by atoms with Crippen molar-refractivity contribution in [1.29, 1.82) is 0 Å². The largest absolute Gasteiger partial charge is 0.490 e. The molecule has 3 nitrogen and oxygen atoms in total. The molecule has 0 fully saturated rings. The number of hydrogen-bond donors (Lipinski definition) is 1. The molecule has 2 N–H and O–H groups in total. The Balaban J connectivity index is 2.59. The van der Waals surface area contributed by atoms with Crippen LogP contribution in [0.1, 0.15) is 26.2 Å². The number of hydrogen-bond acceptors (Lipinski definition) is 3. The lowest BCUT2D eigenvalue weighted by atomic mass is 9.98. The van der Waals surface area contributed by atoms with Crippen LogP contribution in [0.25, 0.3) is 0 Å². The third kappa shape index (κ3) is 2.56. The number of carbonyl (C=O) groups is 1. The van der Waals surface area contributed by atoms with Gasteiger partial charge >= 0.3 is 0 Å². The zero-order chi connectivity index (χ0) is 9.68. The molecule has 74 valence electrons. The number of ether oxygens (including phenoxy) is 1. The first-order chi connectivity index (χ1) is 6.29. The van der Waals surface area contributed by atoms with Crippen LogP contribution in [0.2, 0.25) is 0 Å². The molecule has 1 aliphatic rings. The second-order valence-electron chi connectivity index (χ2n) is 3.26. The Morgan fingerprint density at radius 2 is 2.54 bits per heavy atom. The summed E-state index contributed by atoms with van der Waals surface area (Å²) < 4.78 is 5.28. The van der Waals surface area contributed by atoms with Crippen molar-refractivity contribution in [1.82, 2.24) is 0 Å². The Morgan fingerprint density at radius 3 is 3.00 bits per heavy atom. The molecule has 3 heteroatoms. The second kappa shape index (κ2) is 5.02. The van der Waals surface area contributed by atoms with Crippen LogP contribution >= 0.6 is 0 Å². The molecule has 0 amide bonds. The Morgan fingerprint density at radius 1 is 1.77 bits per heavy atom. The summed E-state index contributed by atoms with van der Waals surface area (Å²) in [5.74, 6) is 0.539. The molecule has 1 unspecified atom stereocenters. The molecule has 1 atom stereocenters. The molecule has 0 aromatic rings. The van der Waals surface area contributed by atoms with Crippen molar-refractivity contribution >= 4 is 5.78 Å². The first kappa shape index (κ1) is 10.3. The predicted molar refractivity (Wildman–Crippen MR) is 51.1 cm³/mol. The maximum absolute atomic E-state index is 11.7. The van der Waals surface area contributed by atoms with Gasteiger partial charge in [-0.3, -0.25) is 4.79 Å². The molecule has 1 aliphatic heterocycles. The number of ketones is 1. The predicted octanol–water partition coefficient (Wildman–Crippen LogP) is 1.23. The zero-order valence-electron chi connectivity index (χ0n) is 8.08. The van der Waals surface area contributed by atoms with E-state index in [0.29, 0.717) is 18.9 Å². The molecule has 0 aromatic carbocycles. The van der Waals surface area contributed by atoms with Crippen molar-refractivity contribution in [2.75, 3.05) is 13.2 Å². The smallest absolute Gasteiger partial charge is 0.201 e. The molecule has 0 aliphatic carbocycles. The van der Waals surface area contributed by atoms with Crippen LogP contribution in [-0.4, -0.2) is 18.9 Å². The Bertz CT molecular complexity index is 207. The third-order valence-electron chi connectivity index (χ3n) is 2.33. The van der Waals surface area contributed by atoms with Gasteiger partial charge in [-0.05, 0) is 25.3 Å². The summed E-state index contributed by atoms with van der Waals surface area (Å²) in [7, 11) is 0. The van der Waals surface area contributed by atoms with Crippen molar-refractivity contribution in [3.8, 4) is 0 Å². The van der Waals surface area contributed by atoms with Gasteiger partial charge in [-0.2, -0.15) is 0 Å². The first-order valence-electron chi connectivity index (χ1n) is 4.86. The fraction of sp³-hybridized carbons (Fsp3) is 0.700. The summed E-state index contributed by atoms with van der Waals surface area (Å²) in [6.45, 7) is 3.05. The zero-order valence-corrected chi connectivity index (χ0v) is 8.08. The van der Waals surface area contributed by atoms with E-state index in [-0.39, 0.29) is 11.7 Å². The molecule has 0 saturated carbocycles. The van der Waals surface area contributed by atoms with Gasteiger partial charge in [-0.1, -0.05) is 6.92 Å². The molecule has 0 radical (unpaired) electrons. The highest BCUT2D eigenvalue weighted by Gasteiger charge is 2.21.